The number of thioether (sulfide) groups is 1. The molecule has 7 nitrogen and oxygen atoms in total. The first-order chi connectivity index (χ1) is 15.3. The maximum Gasteiger partial charge on any atom is 0.271 e. The number of primary sulfonamides is 1. The van der Waals surface area contributed by atoms with Crippen molar-refractivity contribution in [1.29, 1.82) is 5.26 Å². The van der Waals surface area contributed by atoms with E-state index in [2.05, 4.69) is 11.1 Å². The number of sulfonamides is 1. The summed E-state index contributed by atoms with van der Waals surface area (Å²) in [6.07, 6.45) is 1.75. The Balaban J connectivity index is 1.73. The summed E-state index contributed by atoms with van der Waals surface area (Å²) in [5.41, 5.74) is 2.46. The van der Waals surface area contributed by atoms with E-state index in [9.17, 15) is 13.2 Å². The number of amides is 1. The van der Waals surface area contributed by atoms with Gasteiger partial charge in [-0.2, -0.15) is 5.26 Å². The van der Waals surface area contributed by atoms with Crippen molar-refractivity contribution in [2.24, 2.45) is 10.1 Å². The third-order valence-electron chi connectivity index (χ3n) is 4.55. The van der Waals surface area contributed by atoms with Crippen molar-refractivity contribution in [3.8, 4) is 6.07 Å². The smallest absolute Gasteiger partial charge is 0.268 e. The molecule has 9 heteroatoms. The van der Waals surface area contributed by atoms with Crippen LogP contribution >= 0.6 is 11.8 Å². The number of hydrogen-bond donors (Lipinski definition) is 1. The van der Waals surface area contributed by atoms with Gasteiger partial charge in [0.2, 0.25) is 10.0 Å². The molecule has 0 atom stereocenters. The van der Waals surface area contributed by atoms with Gasteiger partial charge >= 0.3 is 0 Å². The van der Waals surface area contributed by atoms with Crippen LogP contribution in [0.1, 0.15) is 11.1 Å². The number of aliphatic imine (C=N–C) groups is 1. The highest BCUT2D eigenvalue weighted by Gasteiger charge is 2.34. The summed E-state index contributed by atoms with van der Waals surface area (Å²) in [7, 11) is -3.81. The fourth-order valence-corrected chi connectivity index (χ4v) is 4.50. The van der Waals surface area contributed by atoms with Gasteiger partial charge in [0.15, 0.2) is 5.17 Å². The monoisotopic (exact) mass is 460 g/mol. The number of nitrogens with zero attached hydrogens (tertiary/aromatic N) is 3. The molecule has 3 aromatic rings. The highest BCUT2D eigenvalue weighted by molar-refractivity contribution is 8.19. The molecule has 0 aromatic heterocycles. The van der Waals surface area contributed by atoms with Crippen LogP contribution in [0.2, 0.25) is 0 Å². The molecule has 2 N–H and O–H groups in total. The van der Waals surface area contributed by atoms with Crippen molar-refractivity contribution in [1.82, 2.24) is 0 Å². The fraction of sp³-hybridized carbons (Fsp3) is 0. The molecule has 1 amide bonds. The molecule has 3 aromatic carbocycles. The van der Waals surface area contributed by atoms with Crippen LogP contribution in [0.25, 0.3) is 6.08 Å². The summed E-state index contributed by atoms with van der Waals surface area (Å²) in [4.78, 5) is 19.8. The van der Waals surface area contributed by atoms with E-state index in [1.165, 1.54) is 40.9 Å². The number of nitrogens with two attached hydrogens (primary N) is 1. The second-order valence-electron chi connectivity index (χ2n) is 6.75. The third-order valence-corrected chi connectivity index (χ3v) is 6.45. The largest absolute Gasteiger partial charge is 0.271 e. The van der Waals surface area contributed by atoms with Gasteiger partial charge in [-0.1, -0.05) is 30.3 Å². The van der Waals surface area contributed by atoms with Crippen LogP contribution in [0.5, 0.6) is 0 Å². The van der Waals surface area contributed by atoms with Crippen molar-refractivity contribution >= 4 is 50.3 Å². The number of hydrogen-bond acceptors (Lipinski definition) is 6. The van der Waals surface area contributed by atoms with Crippen molar-refractivity contribution in [2.75, 3.05) is 4.90 Å². The molecule has 1 fully saturated rings. The number of anilines is 1. The number of para-hydroxylation sites is 1. The quantitative estimate of drug-likeness (QED) is 0.590. The Morgan fingerprint density at radius 1 is 0.969 bits per heavy atom. The fourth-order valence-electron chi connectivity index (χ4n) is 2.98. The Kier molecular flexibility index (Phi) is 5.92. The van der Waals surface area contributed by atoms with E-state index in [4.69, 9.17) is 10.4 Å². The van der Waals surface area contributed by atoms with Gasteiger partial charge in [0, 0.05) is 0 Å². The van der Waals surface area contributed by atoms with Crippen molar-refractivity contribution in [3.05, 3.63) is 94.9 Å². The topological polar surface area (TPSA) is 117 Å². The number of carbonyl (C=O) groups excluding carboxylic acids is 1. The van der Waals surface area contributed by atoms with Crippen LogP contribution in [-0.4, -0.2) is 19.5 Å². The van der Waals surface area contributed by atoms with Gasteiger partial charge in [-0.15, -0.1) is 0 Å². The molecular formula is C23H16N4O3S2. The molecule has 0 aliphatic carbocycles. The minimum Gasteiger partial charge on any atom is -0.268 e. The van der Waals surface area contributed by atoms with E-state index in [1.807, 2.05) is 30.3 Å². The zero-order chi connectivity index (χ0) is 22.7. The SMILES string of the molecule is N#Cc1ccc(C=C2S/C(=N\c3ccc(S(N)(=O)=O)cc3)N(c3ccccc3)C2=O)cc1. The predicted octanol–water partition coefficient (Wildman–Crippen LogP) is 4.01. The average molecular weight is 461 g/mol. The second-order valence-corrected chi connectivity index (χ2v) is 9.32. The molecule has 158 valence electrons. The molecule has 4 rings (SSSR count). The molecule has 1 heterocycles. The lowest BCUT2D eigenvalue weighted by Gasteiger charge is -2.15. The van der Waals surface area contributed by atoms with Gasteiger partial charge in [-0.05, 0) is 71.9 Å². The Morgan fingerprint density at radius 2 is 1.62 bits per heavy atom. The summed E-state index contributed by atoms with van der Waals surface area (Å²) >= 11 is 1.21. The van der Waals surface area contributed by atoms with Gasteiger partial charge in [0.05, 0.1) is 32.8 Å². The van der Waals surface area contributed by atoms with E-state index in [1.54, 1.807) is 30.3 Å². The summed E-state index contributed by atoms with van der Waals surface area (Å²) in [5.74, 6) is -0.231. The van der Waals surface area contributed by atoms with Crippen LogP contribution in [0.3, 0.4) is 0 Å². The average Bonchev–Trinajstić information content (AvgIpc) is 3.09. The summed E-state index contributed by atoms with van der Waals surface area (Å²) in [5, 5.41) is 14.6. The van der Waals surface area contributed by atoms with Gasteiger partial charge in [-0.25, -0.2) is 18.5 Å². The molecule has 1 aliphatic rings. The Morgan fingerprint density at radius 3 is 2.22 bits per heavy atom. The number of nitriles is 1. The summed E-state index contributed by atoms with van der Waals surface area (Å²) in [6.45, 7) is 0. The van der Waals surface area contributed by atoms with Crippen LogP contribution < -0.4 is 10.0 Å². The first-order valence-electron chi connectivity index (χ1n) is 9.36. The van der Waals surface area contributed by atoms with Crippen molar-refractivity contribution in [3.63, 3.8) is 0 Å². The molecule has 32 heavy (non-hydrogen) atoms. The van der Waals surface area contributed by atoms with E-state index in [-0.39, 0.29) is 10.8 Å². The lowest BCUT2D eigenvalue weighted by molar-refractivity contribution is -0.113. The number of benzene rings is 3. The zero-order valence-electron chi connectivity index (χ0n) is 16.5. The Hall–Kier alpha value is -3.71. The molecule has 0 unspecified atom stereocenters. The van der Waals surface area contributed by atoms with Crippen LogP contribution in [-0.2, 0) is 14.8 Å². The molecule has 1 aliphatic heterocycles. The molecule has 0 radical (unpaired) electrons. The van der Waals surface area contributed by atoms with Gasteiger partial charge in [-0.3, -0.25) is 9.69 Å². The highest BCUT2D eigenvalue weighted by Crippen LogP contribution is 2.37. The Bertz CT molecular complexity index is 1370. The Labute approximate surface area is 189 Å². The molecular weight excluding hydrogens is 444 g/mol. The van der Waals surface area contributed by atoms with E-state index in [0.717, 1.165) is 5.56 Å². The normalized spacial score (nSPS) is 16.5. The molecule has 0 saturated carbocycles. The van der Waals surface area contributed by atoms with Crippen LogP contribution in [0, 0.1) is 11.3 Å². The summed E-state index contributed by atoms with van der Waals surface area (Å²) in [6, 6.07) is 23.9. The van der Waals surface area contributed by atoms with E-state index < -0.39 is 10.0 Å². The standard InChI is InChI=1S/C23H16N4O3S2/c24-15-17-8-6-16(7-9-17)14-21-22(28)27(19-4-2-1-3-5-19)23(31-21)26-18-10-12-20(13-11-18)32(25,29)30/h1-14H,(H2,25,29,30)/b21-14?,26-23-. The van der Waals surface area contributed by atoms with E-state index in [0.29, 0.717) is 27.0 Å². The first kappa shape index (κ1) is 21.5. The number of carbonyl (C=O) groups is 1. The molecule has 0 bridgehead atoms. The first-order valence-corrected chi connectivity index (χ1v) is 11.7. The minimum absolute atomic E-state index is 0.0158. The van der Waals surface area contributed by atoms with E-state index >= 15 is 0 Å². The van der Waals surface area contributed by atoms with Crippen molar-refractivity contribution < 1.29 is 13.2 Å². The molecule has 1 saturated heterocycles. The second kappa shape index (κ2) is 8.80. The lowest BCUT2D eigenvalue weighted by Crippen LogP contribution is -2.28. The predicted molar refractivity (Wildman–Crippen MR) is 126 cm³/mol. The van der Waals surface area contributed by atoms with Crippen molar-refractivity contribution in [2.45, 2.75) is 4.90 Å². The number of rotatable bonds is 4. The van der Waals surface area contributed by atoms with Gasteiger partial charge in [0.25, 0.3) is 5.91 Å². The summed E-state index contributed by atoms with van der Waals surface area (Å²) < 4.78 is 23.0. The maximum absolute atomic E-state index is 13.2. The van der Waals surface area contributed by atoms with Crippen LogP contribution in [0.15, 0.2) is 93.7 Å². The highest BCUT2D eigenvalue weighted by atomic mass is 32.2. The minimum atomic E-state index is -3.81. The van der Waals surface area contributed by atoms with Crippen LogP contribution in [0.4, 0.5) is 11.4 Å². The third kappa shape index (κ3) is 4.63. The van der Waals surface area contributed by atoms with Gasteiger partial charge < -0.3 is 0 Å². The van der Waals surface area contributed by atoms with Gasteiger partial charge in [0.1, 0.15) is 0 Å². The maximum atomic E-state index is 13.2. The lowest BCUT2D eigenvalue weighted by atomic mass is 10.1. The molecule has 0 spiro atoms. The zero-order valence-corrected chi connectivity index (χ0v) is 18.2. The number of amidine groups is 1.